The van der Waals surface area contributed by atoms with Crippen molar-refractivity contribution >= 4 is 0 Å². The first-order valence-corrected chi connectivity index (χ1v) is 7.44. The highest BCUT2D eigenvalue weighted by molar-refractivity contribution is 5.01. The molecule has 3 rings (SSSR count). The predicted octanol–water partition coefficient (Wildman–Crippen LogP) is 2.52. The molecular weight excluding hydrogens is 242 g/mol. The molecule has 2 N–H and O–H groups in total. The Bertz CT molecular complexity index is 407. The van der Waals surface area contributed by atoms with Crippen molar-refractivity contribution in [1.82, 2.24) is 10.1 Å². The van der Waals surface area contributed by atoms with Gasteiger partial charge in [-0.25, -0.2) is 0 Å². The van der Waals surface area contributed by atoms with Crippen LogP contribution in [0.15, 0.2) is 4.52 Å². The van der Waals surface area contributed by atoms with Gasteiger partial charge in [-0.2, -0.15) is 4.98 Å². The summed E-state index contributed by atoms with van der Waals surface area (Å²) in [5.41, 5.74) is 6.24. The molecule has 0 aromatic carbocycles. The van der Waals surface area contributed by atoms with E-state index in [4.69, 9.17) is 15.0 Å². The number of ether oxygens (including phenoxy) is 1. The second-order valence-electron chi connectivity index (χ2n) is 6.09. The lowest BCUT2D eigenvalue weighted by Crippen LogP contribution is -2.43. The molecule has 0 radical (unpaired) electrons. The fourth-order valence-electron chi connectivity index (χ4n) is 2.74. The molecular formula is C14H23N3O2. The van der Waals surface area contributed by atoms with Crippen molar-refractivity contribution in [3.8, 4) is 0 Å². The number of rotatable bonds is 5. The fraction of sp³-hybridized carbons (Fsp3) is 0.857. The highest BCUT2D eigenvalue weighted by Crippen LogP contribution is 2.38. The van der Waals surface area contributed by atoms with Gasteiger partial charge in [0.05, 0.1) is 6.61 Å². The molecule has 1 aromatic rings. The highest BCUT2D eigenvalue weighted by Gasteiger charge is 2.30. The molecule has 2 aliphatic rings. The summed E-state index contributed by atoms with van der Waals surface area (Å²) >= 11 is 0. The lowest BCUT2D eigenvalue weighted by molar-refractivity contribution is 0.0619. The third-order valence-corrected chi connectivity index (χ3v) is 4.13. The van der Waals surface area contributed by atoms with Crippen LogP contribution < -0.4 is 5.73 Å². The molecule has 5 heteroatoms. The largest absolute Gasteiger partial charge is 0.371 e. The zero-order valence-corrected chi connectivity index (χ0v) is 11.4. The molecule has 0 bridgehead atoms. The van der Waals surface area contributed by atoms with E-state index in [2.05, 4.69) is 10.1 Å². The van der Waals surface area contributed by atoms with Crippen LogP contribution in [-0.4, -0.2) is 22.3 Å². The van der Waals surface area contributed by atoms with Crippen LogP contribution in [0.1, 0.15) is 69.0 Å². The SMILES string of the molecule is NC1(COCc2noc(C3CC3)n2)CCCCCC1. The Kier molecular flexibility index (Phi) is 3.84. The summed E-state index contributed by atoms with van der Waals surface area (Å²) in [4.78, 5) is 4.35. The Morgan fingerprint density at radius 3 is 2.63 bits per heavy atom. The smallest absolute Gasteiger partial charge is 0.229 e. The Labute approximate surface area is 113 Å². The average Bonchev–Trinajstić information content (AvgIpc) is 3.17. The molecule has 1 aromatic heterocycles. The molecule has 1 heterocycles. The van der Waals surface area contributed by atoms with E-state index >= 15 is 0 Å². The minimum atomic E-state index is -0.153. The van der Waals surface area contributed by atoms with Crippen LogP contribution in [0.25, 0.3) is 0 Å². The second-order valence-corrected chi connectivity index (χ2v) is 6.09. The zero-order chi connectivity index (χ0) is 13.1. The normalized spacial score (nSPS) is 23.2. The van der Waals surface area contributed by atoms with Crippen molar-refractivity contribution in [1.29, 1.82) is 0 Å². The Hall–Kier alpha value is -0.940. The molecule has 5 nitrogen and oxygen atoms in total. The van der Waals surface area contributed by atoms with E-state index in [0.29, 0.717) is 25.0 Å². The van der Waals surface area contributed by atoms with Gasteiger partial charge in [-0.1, -0.05) is 30.8 Å². The number of hydrogen-bond donors (Lipinski definition) is 1. The lowest BCUT2D eigenvalue weighted by Gasteiger charge is -2.27. The summed E-state index contributed by atoms with van der Waals surface area (Å²) < 4.78 is 10.9. The minimum Gasteiger partial charge on any atom is -0.371 e. The molecule has 2 aliphatic carbocycles. The van der Waals surface area contributed by atoms with Crippen LogP contribution in [0.3, 0.4) is 0 Å². The van der Waals surface area contributed by atoms with Crippen LogP contribution in [0.5, 0.6) is 0 Å². The van der Waals surface area contributed by atoms with Crippen LogP contribution in [0, 0.1) is 0 Å². The first-order valence-electron chi connectivity index (χ1n) is 7.44. The number of nitrogens with two attached hydrogens (primary N) is 1. The van der Waals surface area contributed by atoms with E-state index < -0.39 is 0 Å². The van der Waals surface area contributed by atoms with Crippen LogP contribution in [0.2, 0.25) is 0 Å². The van der Waals surface area contributed by atoms with Crippen LogP contribution in [0.4, 0.5) is 0 Å². The monoisotopic (exact) mass is 265 g/mol. The first kappa shape index (κ1) is 13.1. The minimum absolute atomic E-state index is 0.153. The highest BCUT2D eigenvalue weighted by atomic mass is 16.5. The zero-order valence-electron chi connectivity index (χ0n) is 11.4. The summed E-state index contributed by atoms with van der Waals surface area (Å²) in [6, 6.07) is 0. The molecule has 0 unspecified atom stereocenters. The maximum atomic E-state index is 6.40. The van der Waals surface area contributed by atoms with Crippen molar-refractivity contribution < 1.29 is 9.26 Å². The summed E-state index contributed by atoms with van der Waals surface area (Å²) in [7, 11) is 0. The lowest BCUT2D eigenvalue weighted by atomic mass is 9.93. The van der Waals surface area contributed by atoms with Crippen molar-refractivity contribution in [2.24, 2.45) is 5.73 Å². The summed E-state index contributed by atoms with van der Waals surface area (Å²) in [5.74, 6) is 1.93. The number of hydrogen-bond acceptors (Lipinski definition) is 5. The Morgan fingerprint density at radius 1 is 1.21 bits per heavy atom. The first-order chi connectivity index (χ1) is 9.25. The third-order valence-electron chi connectivity index (χ3n) is 4.13. The van der Waals surface area contributed by atoms with Gasteiger partial charge in [0.15, 0.2) is 5.82 Å². The van der Waals surface area contributed by atoms with Gasteiger partial charge in [0, 0.05) is 11.5 Å². The van der Waals surface area contributed by atoms with E-state index in [1.54, 1.807) is 0 Å². The molecule has 106 valence electrons. The molecule has 2 saturated carbocycles. The van der Waals surface area contributed by atoms with Gasteiger partial charge < -0.3 is 15.0 Å². The Morgan fingerprint density at radius 2 is 1.95 bits per heavy atom. The Balaban J connectivity index is 1.45. The molecule has 19 heavy (non-hydrogen) atoms. The van der Waals surface area contributed by atoms with E-state index in [9.17, 15) is 0 Å². The standard InChI is InChI=1S/C14H23N3O2/c15-14(7-3-1-2-4-8-14)10-18-9-12-16-13(19-17-12)11-5-6-11/h11H,1-10,15H2. The van der Waals surface area contributed by atoms with Crippen molar-refractivity contribution in [3.63, 3.8) is 0 Å². The predicted molar refractivity (Wildman–Crippen MR) is 70.5 cm³/mol. The number of aromatic nitrogens is 2. The van der Waals surface area contributed by atoms with Gasteiger partial charge in [-0.05, 0) is 25.7 Å². The van der Waals surface area contributed by atoms with Gasteiger partial charge in [-0.3, -0.25) is 0 Å². The van der Waals surface area contributed by atoms with E-state index in [1.165, 1.54) is 38.5 Å². The second kappa shape index (κ2) is 5.59. The fourth-order valence-corrected chi connectivity index (χ4v) is 2.74. The van der Waals surface area contributed by atoms with E-state index in [1.807, 2.05) is 0 Å². The molecule has 0 spiro atoms. The molecule has 0 aliphatic heterocycles. The molecule has 0 atom stereocenters. The third kappa shape index (κ3) is 3.54. The quantitative estimate of drug-likeness (QED) is 0.828. The maximum Gasteiger partial charge on any atom is 0.229 e. The van der Waals surface area contributed by atoms with Crippen LogP contribution >= 0.6 is 0 Å². The number of nitrogens with zero attached hydrogens (tertiary/aromatic N) is 2. The molecule has 0 amide bonds. The summed E-state index contributed by atoms with van der Waals surface area (Å²) in [5, 5.41) is 3.95. The van der Waals surface area contributed by atoms with Crippen molar-refractivity contribution in [2.75, 3.05) is 6.61 Å². The van der Waals surface area contributed by atoms with E-state index in [0.717, 1.165) is 18.7 Å². The van der Waals surface area contributed by atoms with Crippen molar-refractivity contribution in [2.45, 2.75) is 69.4 Å². The van der Waals surface area contributed by atoms with Gasteiger partial charge in [0.2, 0.25) is 5.89 Å². The van der Waals surface area contributed by atoms with E-state index in [-0.39, 0.29) is 5.54 Å². The maximum absolute atomic E-state index is 6.40. The van der Waals surface area contributed by atoms with Crippen molar-refractivity contribution in [3.05, 3.63) is 11.7 Å². The van der Waals surface area contributed by atoms with Gasteiger partial charge in [0.25, 0.3) is 0 Å². The van der Waals surface area contributed by atoms with Gasteiger partial charge >= 0.3 is 0 Å². The van der Waals surface area contributed by atoms with Crippen LogP contribution in [-0.2, 0) is 11.3 Å². The van der Waals surface area contributed by atoms with Gasteiger partial charge in [-0.15, -0.1) is 0 Å². The topological polar surface area (TPSA) is 74.2 Å². The molecule has 2 fully saturated rings. The average molecular weight is 265 g/mol. The molecule has 0 saturated heterocycles. The summed E-state index contributed by atoms with van der Waals surface area (Å²) in [6.07, 6.45) is 9.51. The summed E-state index contributed by atoms with van der Waals surface area (Å²) in [6.45, 7) is 1.01. The van der Waals surface area contributed by atoms with Gasteiger partial charge in [0.1, 0.15) is 6.61 Å².